The van der Waals surface area contributed by atoms with Gasteiger partial charge in [-0.25, -0.2) is 0 Å². The molecule has 0 radical (unpaired) electrons. The number of rotatable bonds is 6. The Labute approximate surface area is 100 Å². The van der Waals surface area contributed by atoms with Gasteiger partial charge in [-0.3, -0.25) is 0 Å². The predicted octanol–water partition coefficient (Wildman–Crippen LogP) is 3.00. The molecule has 1 unspecified atom stereocenters. The van der Waals surface area contributed by atoms with Crippen molar-refractivity contribution in [3.8, 4) is 0 Å². The van der Waals surface area contributed by atoms with Crippen LogP contribution in [0.15, 0.2) is 11.4 Å². The van der Waals surface area contributed by atoms with E-state index < -0.39 is 5.60 Å². The van der Waals surface area contributed by atoms with E-state index in [1.807, 2.05) is 18.4 Å². The van der Waals surface area contributed by atoms with E-state index in [0.29, 0.717) is 11.4 Å². The van der Waals surface area contributed by atoms with Crippen LogP contribution in [0.25, 0.3) is 0 Å². The molecule has 4 heteroatoms. The molecule has 1 aromatic rings. The maximum absolute atomic E-state index is 10.2. The van der Waals surface area contributed by atoms with Gasteiger partial charge in [-0.2, -0.15) is 0 Å². The van der Waals surface area contributed by atoms with E-state index in [4.69, 9.17) is 11.6 Å². The summed E-state index contributed by atoms with van der Waals surface area (Å²) in [4.78, 5) is 0.863. The van der Waals surface area contributed by atoms with E-state index in [2.05, 4.69) is 12.2 Å². The maximum Gasteiger partial charge on any atom is 0.0986 e. The standard InChI is InChI=1S/C11H18ClNOS/c1-3-6-13-7-5-11(2,14)10-9(12)4-8-15-10/h4,8,13-14H,3,5-7H2,1-2H3. The second-order valence-corrected chi connectivity index (χ2v) is 5.19. The van der Waals surface area contributed by atoms with Gasteiger partial charge in [-0.15, -0.1) is 11.3 Å². The van der Waals surface area contributed by atoms with E-state index in [9.17, 15) is 5.11 Å². The quantitative estimate of drug-likeness (QED) is 0.758. The molecule has 0 aliphatic rings. The lowest BCUT2D eigenvalue weighted by atomic mass is 10.0. The van der Waals surface area contributed by atoms with Crippen molar-refractivity contribution < 1.29 is 5.11 Å². The Bertz CT molecular complexity index is 299. The van der Waals surface area contributed by atoms with Crippen LogP contribution in [0.3, 0.4) is 0 Å². The van der Waals surface area contributed by atoms with Gasteiger partial charge in [0.15, 0.2) is 0 Å². The molecule has 1 rings (SSSR count). The molecule has 1 heterocycles. The molecule has 0 aliphatic carbocycles. The highest BCUT2D eigenvalue weighted by Crippen LogP contribution is 2.34. The zero-order chi connectivity index (χ0) is 11.3. The molecule has 0 aromatic carbocycles. The number of thiophene rings is 1. The molecule has 0 aliphatic heterocycles. The summed E-state index contributed by atoms with van der Waals surface area (Å²) >= 11 is 7.50. The summed E-state index contributed by atoms with van der Waals surface area (Å²) in [6, 6.07) is 1.83. The van der Waals surface area contributed by atoms with E-state index in [0.717, 1.165) is 24.4 Å². The Balaban J connectivity index is 2.48. The molecule has 0 saturated carbocycles. The summed E-state index contributed by atoms with van der Waals surface area (Å²) < 4.78 is 0. The third-order valence-electron chi connectivity index (χ3n) is 2.32. The van der Waals surface area contributed by atoms with E-state index in [1.54, 1.807) is 0 Å². The third kappa shape index (κ3) is 3.76. The highest BCUT2D eigenvalue weighted by atomic mass is 35.5. The Kier molecular flexibility index (Phi) is 5.06. The van der Waals surface area contributed by atoms with Crippen molar-refractivity contribution in [3.63, 3.8) is 0 Å². The molecular formula is C11H18ClNOS. The molecule has 1 aromatic heterocycles. The van der Waals surface area contributed by atoms with Crippen molar-refractivity contribution in [2.75, 3.05) is 13.1 Å². The lowest BCUT2D eigenvalue weighted by Crippen LogP contribution is -2.27. The van der Waals surface area contributed by atoms with Gasteiger partial charge in [0, 0.05) is 0 Å². The summed E-state index contributed by atoms with van der Waals surface area (Å²) in [5, 5.41) is 16.1. The van der Waals surface area contributed by atoms with E-state index in [1.165, 1.54) is 11.3 Å². The number of hydrogen-bond donors (Lipinski definition) is 2. The molecule has 15 heavy (non-hydrogen) atoms. The first kappa shape index (κ1) is 13.0. The lowest BCUT2D eigenvalue weighted by molar-refractivity contribution is 0.0519. The Morgan fingerprint density at radius 1 is 1.53 bits per heavy atom. The fraction of sp³-hybridized carbons (Fsp3) is 0.636. The third-order valence-corrected chi connectivity index (χ3v) is 3.92. The second-order valence-electron chi connectivity index (χ2n) is 3.87. The van der Waals surface area contributed by atoms with Crippen LogP contribution >= 0.6 is 22.9 Å². The van der Waals surface area contributed by atoms with Gasteiger partial charge in [-0.05, 0) is 44.3 Å². The smallest absolute Gasteiger partial charge is 0.0986 e. The van der Waals surface area contributed by atoms with Gasteiger partial charge in [-0.1, -0.05) is 18.5 Å². The monoisotopic (exact) mass is 247 g/mol. The molecule has 2 N–H and O–H groups in total. The number of halogens is 1. The van der Waals surface area contributed by atoms with Gasteiger partial charge >= 0.3 is 0 Å². The Morgan fingerprint density at radius 3 is 2.80 bits per heavy atom. The fourth-order valence-electron chi connectivity index (χ4n) is 1.43. The Hall–Kier alpha value is -0.0900. The first-order valence-electron chi connectivity index (χ1n) is 5.24. The van der Waals surface area contributed by atoms with Crippen LogP contribution in [0.1, 0.15) is 31.6 Å². The van der Waals surface area contributed by atoms with Crippen molar-refractivity contribution in [3.05, 3.63) is 21.3 Å². The van der Waals surface area contributed by atoms with Gasteiger partial charge < -0.3 is 10.4 Å². The van der Waals surface area contributed by atoms with Gasteiger partial charge in [0.25, 0.3) is 0 Å². The minimum Gasteiger partial charge on any atom is -0.385 e. The number of aliphatic hydroxyl groups is 1. The summed E-state index contributed by atoms with van der Waals surface area (Å²) in [5.74, 6) is 0. The first-order chi connectivity index (χ1) is 7.08. The number of nitrogens with one attached hydrogen (secondary N) is 1. The highest BCUT2D eigenvalue weighted by Gasteiger charge is 2.26. The maximum atomic E-state index is 10.2. The van der Waals surface area contributed by atoms with Crippen molar-refractivity contribution >= 4 is 22.9 Å². The minimum atomic E-state index is -0.814. The average Bonchev–Trinajstić information content (AvgIpc) is 2.60. The molecule has 86 valence electrons. The van der Waals surface area contributed by atoms with Crippen LogP contribution in [-0.4, -0.2) is 18.2 Å². The minimum absolute atomic E-state index is 0.667. The van der Waals surface area contributed by atoms with E-state index >= 15 is 0 Å². The van der Waals surface area contributed by atoms with Gasteiger partial charge in [0.2, 0.25) is 0 Å². The van der Waals surface area contributed by atoms with Crippen molar-refractivity contribution in [1.82, 2.24) is 5.32 Å². The van der Waals surface area contributed by atoms with Crippen LogP contribution in [0.2, 0.25) is 5.02 Å². The number of hydrogen-bond acceptors (Lipinski definition) is 3. The van der Waals surface area contributed by atoms with Crippen LogP contribution in [0.4, 0.5) is 0 Å². The largest absolute Gasteiger partial charge is 0.385 e. The first-order valence-corrected chi connectivity index (χ1v) is 6.50. The van der Waals surface area contributed by atoms with Gasteiger partial charge in [0.05, 0.1) is 15.5 Å². The molecular weight excluding hydrogens is 230 g/mol. The van der Waals surface area contributed by atoms with Crippen LogP contribution in [0.5, 0.6) is 0 Å². The SMILES string of the molecule is CCCNCCC(C)(O)c1sccc1Cl. The molecule has 0 fully saturated rings. The highest BCUT2D eigenvalue weighted by molar-refractivity contribution is 7.10. The molecule has 2 nitrogen and oxygen atoms in total. The van der Waals surface area contributed by atoms with Crippen molar-refractivity contribution in [1.29, 1.82) is 0 Å². The van der Waals surface area contributed by atoms with Crippen LogP contribution in [-0.2, 0) is 5.60 Å². The summed E-state index contributed by atoms with van der Waals surface area (Å²) in [6.07, 6.45) is 1.80. The average molecular weight is 248 g/mol. The van der Waals surface area contributed by atoms with Crippen molar-refractivity contribution in [2.45, 2.75) is 32.3 Å². The molecule has 0 spiro atoms. The van der Waals surface area contributed by atoms with E-state index in [-0.39, 0.29) is 0 Å². The van der Waals surface area contributed by atoms with Crippen LogP contribution < -0.4 is 5.32 Å². The fourth-order valence-corrected chi connectivity index (χ4v) is 2.78. The summed E-state index contributed by atoms with van der Waals surface area (Å²) in [6.45, 7) is 5.75. The predicted molar refractivity (Wildman–Crippen MR) is 66.7 cm³/mol. The molecule has 0 amide bonds. The molecule has 1 atom stereocenters. The zero-order valence-electron chi connectivity index (χ0n) is 9.22. The van der Waals surface area contributed by atoms with Gasteiger partial charge in [0.1, 0.15) is 0 Å². The van der Waals surface area contributed by atoms with Crippen molar-refractivity contribution in [2.24, 2.45) is 0 Å². The lowest BCUT2D eigenvalue weighted by Gasteiger charge is -2.22. The Morgan fingerprint density at radius 2 is 2.27 bits per heavy atom. The summed E-state index contributed by atoms with van der Waals surface area (Å²) in [5.41, 5.74) is -0.814. The molecule has 0 saturated heterocycles. The molecule has 0 bridgehead atoms. The second kappa shape index (κ2) is 5.85. The van der Waals surface area contributed by atoms with Crippen LogP contribution in [0, 0.1) is 0 Å². The summed E-state index contributed by atoms with van der Waals surface area (Å²) in [7, 11) is 0. The zero-order valence-corrected chi connectivity index (χ0v) is 10.8. The normalized spacial score (nSPS) is 15.2. The topological polar surface area (TPSA) is 32.3 Å².